The number of hydrogen-bond acceptors (Lipinski definition) is 2. The maximum absolute atomic E-state index is 13.6. The second-order valence-corrected chi connectivity index (χ2v) is 6.69. The molecular weight excluding hydrogens is 355 g/mol. The summed E-state index contributed by atoms with van der Waals surface area (Å²) in [7, 11) is 0. The number of aryl methyl sites for hydroxylation is 1. The standard InChI is InChI=1S/C18H19F5N2O/c1-10-9-24-17(25-10)16(11-6-13(19)8-14(20)7-11)26-15-4-2-12(3-5-15)18(21,22)23/h6-9,12,15-16H,2-5H2,1H3,(H,24,25). The first-order chi connectivity index (χ1) is 12.2. The van der Waals surface area contributed by atoms with Crippen molar-refractivity contribution in [3.05, 3.63) is 53.1 Å². The second-order valence-electron chi connectivity index (χ2n) is 6.69. The van der Waals surface area contributed by atoms with Gasteiger partial charge in [-0.05, 0) is 50.3 Å². The van der Waals surface area contributed by atoms with Crippen LogP contribution in [-0.2, 0) is 4.74 Å². The van der Waals surface area contributed by atoms with E-state index in [9.17, 15) is 22.0 Å². The zero-order valence-electron chi connectivity index (χ0n) is 14.1. The molecule has 8 heteroatoms. The molecule has 1 aromatic heterocycles. The summed E-state index contributed by atoms with van der Waals surface area (Å²) >= 11 is 0. The normalized spacial score (nSPS) is 22.4. The van der Waals surface area contributed by atoms with Gasteiger partial charge in [0.1, 0.15) is 23.6 Å². The molecule has 1 aliphatic carbocycles. The van der Waals surface area contributed by atoms with Gasteiger partial charge in [0.05, 0.1) is 12.0 Å². The smallest absolute Gasteiger partial charge is 0.362 e. The Hall–Kier alpha value is -1.96. The summed E-state index contributed by atoms with van der Waals surface area (Å²) < 4.78 is 71.6. The van der Waals surface area contributed by atoms with E-state index in [0.717, 1.165) is 23.9 Å². The van der Waals surface area contributed by atoms with Gasteiger partial charge >= 0.3 is 6.18 Å². The number of H-pyrrole nitrogens is 1. The first-order valence-electron chi connectivity index (χ1n) is 8.42. The van der Waals surface area contributed by atoms with Crippen LogP contribution in [0.5, 0.6) is 0 Å². The van der Waals surface area contributed by atoms with E-state index >= 15 is 0 Å². The molecule has 1 atom stereocenters. The third-order valence-corrected chi connectivity index (χ3v) is 4.62. The van der Waals surface area contributed by atoms with Crippen molar-refractivity contribution in [2.24, 2.45) is 5.92 Å². The number of imidazole rings is 1. The van der Waals surface area contributed by atoms with Gasteiger partial charge in [-0.25, -0.2) is 13.8 Å². The van der Waals surface area contributed by atoms with Gasteiger partial charge in [-0.3, -0.25) is 0 Å². The molecule has 1 fully saturated rings. The number of aromatic amines is 1. The van der Waals surface area contributed by atoms with Crippen molar-refractivity contribution in [1.82, 2.24) is 9.97 Å². The summed E-state index contributed by atoms with van der Waals surface area (Å²) in [4.78, 5) is 7.14. The van der Waals surface area contributed by atoms with Gasteiger partial charge in [-0.15, -0.1) is 0 Å². The number of rotatable bonds is 4. The van der Waals surface area contributed by atoms with E-state index in [1.165, 1.54) is 0 Å². The molecular formula is C18H19F5N2O. The van der Waals surface area contributed by atoms with Crippen LogP contribution in [0.15, 0.2) is 24.4 Å². The molecule has 3 rings (SSSR count). The van der Waals surface area contributed by atoms with Crippen LogP contribution in [0.2, 0.25) is 0 Å². The van der Waals surface area contributed by atoms with Crippen molar-refractivity contribution in [3.8, 4) is 0 Å². The Labute approximate surface area is 147 Å². The number of nitrogens with zero attached hydrogens (tertiary/aromatic N) is 1. The SMILES string of the molecule is Cc1cnc(C(OC2CCC(C(F)(F)F)CC2)c2cc(F)cc(F)c2)[nH]1. The molecule has 0 bridgehead atoms. The van der Waals surface area contributed by atoms with Crippen molar-refractivity contribution in [2.45, 2.75) is 51.0 Å². The van der Waals surface area contributed by atoms with E-state index in [0.29, 0.717) is 5.82 Å². The summed E-state index contributed by atoms with van der Waals surface area (Å²) in [6, 6.07) is 3.04. The average molecular weight is 374 g/mol. The minimum Gasteiger partial charge on any atom is -0.362 e. The van der Waals surface area contributed by atoms with E-state index in [2.05, 4.69) is 9.97 Å². The first kappa shape index (κ1) is 18.8. The van der Waals surface area contributed by atoms with Crippen molar-refractivity contribution in [3.63, 3.8) is 0 Å². The summed E-state index contributed by atoms with van der Waals surface area (Å²) in [5, 5.41) is 0. The summed E-state index contributed by atoms with van der Waals surface area (Å²) in [5.41, 5.74) is 0.973. The highest BCUT2D eigenvalue weighted by molar-refractivity contribution is 5.25. The predicted molar refractivity (Wildman–Crippen MR) is 84.4 cm³/mol. The van der Waals surface area contributed by atoms with Crippen molar-refractivity contribution < 1.29 is 26.7 Å². The zero-order chi connectivity index (χ0) is 18.9. The van der Waals surface area contributed by atoms with E-state index in [1.807, 2.05) is 0 Å². The Morgan fingerprint density at radius 2 is 1.69 bits per heavy atom. The summed E-state index contributed by atoms with van der Waals surface area (Å²) in [6.45, 7) is 1.77. The topological polar surface area (TPSA) is 37.9 Å². The van der Waals surface area contributed by atoms with Crippen LogP contribution < -0.4 is 0 Å². The lowest BCUT2D eigenvalue weighted by atomic mass is 9.87. The highest BCUT2D eigenvalue weighted by Crippen LogP contribution is 2.40. The zero-order valence-corrected chi connectivity index (χ0v) is 14.1. The van der Waals surface area contributed by atoms with Gasteiger partial charge in [-0.2, -0.15) is 13.2 Å². The van der Waals surface area contributed by atoms with Crippen LogP contribution in [0.25, 0.3) is 0 Å². The Bertz CT molecular complexity index is 730. The van der Waals surface area contributed by atoms with Crippen molar-refractivity contribution >= 4 is 0 Å². The number of nitrogens with one attached hydrogen (secondary N) is 1. The van der Waals surface area contributed by atoms with Crippen LogP contribution in [-0.4, -0.2) is 22.2 Å². The molecule has 1 saturated carbocycles. The fraction of sp³-hybridized carbons (Fsp3) is 0.500. The molecule has 0 spiro atoms. The van der Waals surface area contributed by atoms with Crippen LogP contribution in [0, 0.1) is 24.5 Å². The lowest BCUT2D eigenvalue weighted by Gasteiger charge is -2.32. The highest BCUT2D eigenvalue weighted by Gasteiger charge is 2.42. The number of benzene rings is 1. The van der Waals surface area contributed by atoms with Crippen molar-refractivity contribution in [1.29, 1.82) is 0 Å². The molecule has 3 nitrogen and oxygen atoms in total. The molecule has 1 aliphatic rings. The van der Waals surface area contributed by atoms with Crippen LogP contribution in [0.1, 0.15) is 48.9 Å². The second kappa shape index (κ2) is 7.34. The largest absolute Gasteiger partial charge is 0.391 e. The van der Waals surface area contributed by atoms with E-state index in [-0.39, 0.29) is 31.2 Å². The molecule has 2 aromatic rings. The van der Waals surface area contributed by atoms with Gasteiger partial charge in [0, 0.05) is 18.0 Å². The van der Waals surface area contributed by atoms with Crippen LogP contribution in [0.3, 0.4) is 0 Å². The maximum atomic E-state index is 13.6. The number of halogens is 5. The number of hydrogen-bond donors (Lipinski definition) is 1. The molecule has 142 valence electrons. The maximum Gasteiger partial charge on any atom is 0.391 e. The fourth-order valence-corrected chi connectivity index (χ4v) is 3.31. The molecule has 0 saturated heterocycles. The molecule has 0 amide bonds. The summed E-state index contributed by atoms with van der Waals surface area (Å²) in [5.74, 6) is -2.46. The lowest BCUT2D eigenvalue weighted by molar-refractivity contribution is -0.188. The summed E-state index contributed by atoms with van der Waals surface area (Å²) in [6.07, 6.45) is -3.52. The molecule has 1 N–H and O–H groups in total. The van der Waals surface area contributed by atoms with E-state index < -0.39 is 35.9 Å². The monoisotopic (exact) mass is 374 g/mol. The Morgan fingerprint density at radius 3 is 2.19 bits per heavy atom. The fourth-order valence-electron chi connectivity index (χ4n) is 3.31. The Morgan fingerprint density at radius 1 is 1.08 bits per heavy atom. The molecule has 1 heterocycles. The van der Waals surface area contributed by atoms with Gasteiger partial charge < -0.3 is 9.72 Å². The van der Waals surface area contributed by atoms with Crippen molar-refractivity contribution in [2.75, 3.05) is 0 Å². The number of ether oxygens (including phenoxy) is 1. The van der Waals surface area contributed by atoms with Crippen LogP contribution in [0.4, 0.5) is 22.0 Å². The van der Waals surface area contributed by atoms with Gasteiger partial charge in [-0.1, -0.05) is 0 Å². The van der Waals surface area contributed by atoms with Gasteiger partial charge in [0.15, 0.2) is 0 Å². The lowest BCUT2D eigenvalue weighted by Crippen LogP contribution is -2.31. The van der Waals surface area contributed by atoms with E-state index in [1.54, 1.807) is 13.1 Å². The minimum atomic E-state index is -4.20. The number of aromatic nitrogens is 2. The number of alkyl halides is 3. The molecule has 1 aromatic carbocycles. The predicted octanol–water partition coefficient (Wildman–Crippen LogP) is 5.22. The van der Waals surface area contributed by atoms with Gasteiger partial charge in [0.2, 0.25) is 0 Å². The molecule has 1 unspecified atom stereocenters. The third-order valence-electron chi connectivity index (χ3n) is 4.62. The highest BCUT2D eigenvalue weighted by atomic mass is 19.4. The van der Waals surface area contributed by atoms with E-state index in [4.69, 9.17) is 4.74 Å². The first-order valence-corrected chi connectivity index (χ1v) is 8.42. The quantitative estimate of drug-likeness (QED) is 0.745. The minimum absolute atomic E-state index is 0.0183. The Kier molecular flexibility index (Phi) is 5.32. The average Bonchev–Trinajstić information content (AvgIpc) is 2.97. The molecule has 0 aliphatic heterocycles. The van der Waals surface area contributed by atoms with Crippen LogP contribution >= 0.6 is 0 Å². The Balaban J connectivity index is 1.79. The van der Waals surface area contributed by atoms with Gasteiger partial charge in [0.25, 0.3) is 0 Å². The molecule has 26 heavy (non-hydrogen) atoms. The molecule has 0 radical (unpaired) electrons. The third kappa shape index (κ3) is 4.41.